The Balaban J connectivity index is 1.42. The Kier molecular flexibility index (Phi) is 8.51. The van der Waals surface area contributed by atoms with E-state index in [-0.39, 0.29) is 36.4 Å². The average molecular weight is 505 g/mol. The number of anilines is 1. The maximum atomic E-state index is 13.3. The van der Waals surface area contributed by atoms with Crippen LogP contribution in [0.1, 0.15) is 24.8 Å². The molecule has 1 fully saturated rings. The summed E-state index contributed by atoms with van der Waals surface area (Å²) in [6, 6.07) is 21.8. The summed E-state index contributed by atoms with van der Waals surface area (Å²) in [5, 5.41) is 2.90. The number of carbonyl (C=O) groups is 3. The molecule has 37 heavy (non-hydrogen) atoms. The van der Waals surface area contributed by atoms with Crippen LogP contribution in [-0.4, -0.2) is 42.4 Å². The monoisotopic (exact) mass is 504 g/mol. The molecule has 0 bridgehead atoms. The lowest BCUT2D eigenvalue weighted by molar-refractivity contribution is -0.144. The van der Waals surface area contributed by atoms with Crippen molar-refractivity contribution in [3.63, 3.8) is 0 Å². The zero-order chi connectivity index (χ0) is 26.2. The number of likely N-dealkylation sites (tertiary alicyclic amines) is 1. The number of rotatable bonds is 9. The Labute approximate surface area is 215 Å². The topological polar surface area (TPSA) is 84.9 Å². The highest BCUT2D eigenvalue weighted by molar-refractivity contribution is 5.97. The molecule has 2 unspecified atom stereocenters. The Morgan fingerprint density at radius 2 is 1.57 bits per heavy atom. The van der Waals surface area contributed by atoms with Gasteiger partial charge in [-0.05, 0) is 72.9 Å². The molecule has 0 aliphatic carbocycles. The third-order valence-corrected chi connectivity index (χ3v) is 6.32. The Morgan fingerprint density at radius 1 is 0.919 bits per heavy atom. The molecular formula is C29H29FN2O5. The molecule has 192 valence electrons. The zero-order valence-corrected chi connectivity index (χ0v) is 20.6. The number of halogens is 1. The van der Waals surface area contributed by atoms with E-state index in [1.807, 2.05) is 30.3 Å². The van der Waals surface area contributed by atoms with Crippen molar-refractivity contribution in [2.24, 2.45) is 5.92 Å². The molecule has 0 radical (unpaired) electrons. The van der Waals surface area contributed by atoms with Crippen LogP contribution in [0.3, 0.4) is 0 Å². The number of hydrogen-bond acceptors (Lipinski definition) is 5. The molecule has 7 nitrogen and oxygen atoms in total. The lowest BCUT2D eigenvalue weighted by Crippen LogP contribution is -2.43. The van der Waals surface area contributed by atoms with Gasteiger partial charge >= 0.3 is 5.97 Å². The normalized spacial score (nSPS) is 16.8. The summed E-state index contributed by atoms with van der Waals surface area (Å²) in [7, 11) is 1.28. The van der Waals surface area contributed by atoms with Crippen LogP contribution >= 0.6 is 0 Å². The number of hydrogen-bond donors (Lipinski definition) is 1. The van der Waals surface area contributed by atoms with Crippen LogP contribution in [0.15, 0.2) is 78.9 Å². The molecule has 1 heterocycles. The standard InChI is InChI=1S/C29H29FN2O5/c1-36-28(34)16-15-27(33)32-19-21(17-20-5-3-2-4-6-20)18-26(32)29(35)31-23-9-13-25(14-10-23)37-24-11-7-22(30)8-12-24/h2-14,21,26H,15-19H2,1H3,(H,31,35). The first kappa shape index (κ1) is 25.9. The van der Waals surface area contributed by atoms with E-state index in [1.165, 1.54) is 31.4 Å². The summed E-state index contributed by atoms with van der Waals surface area (Å²) in [5.41, 5.74) is 1.71. The molecule has 1 aliphatic heterocycles. The van der Waals surface area contributed by atoms with Crippen LogP contribution in [0.25, 0.3) is 0 Å². The highest BCUT2D eigenvalue weighted by Crippen LogP contribution is 2.29. The molecule has 2 amide bonds. The van der Waals surface area contributed by atoms with Crippen molar-refractivity contribution in [2.75, 3.05) is 19.0 Å². The lowest BCUT2D eigenvalue weighted by Gasteiger charge is -2.24. The zero-order valence-electron chi connectivity index (χ0n) is 20.6. The SMILES string of the molecule is COC(=O)CCC(=O)N1CC(Cc2ccccc2)CC1C(=O)Nc1ccc(Oc2ccc(F)cc2)cc1. The lowest BCUT2D eigenvalue weighted by atomic mass is 9.96. The number of methoxy groups -OCH3 is 1. The van der Waals surface area contributed by atoms with Crippen molar-refractivity contribution in [3.05, 3.63) is 90.2 Å². The molecule has 1 saturated heterocycles. The molecule has 3 aromatic rings. The van der Waals surface area contributed by atoms with Crippen molar-refractivity contribution in [1.29, 1.82) is 0 Å². The molecule has 0 spiro atoms. The quantitative estimate of drug-likeness (QED) is 0.416. The number of nitrogens with zero attached hydrogens (tertiary/aromatic N) is 1. The molecule has 3 aromatic carbocycles. The molecular weight excluding hydrogens is 475 g/mol. The van der Waals surface area contributed by atoms with Crippen molar-refractivity contribution < 1.29 is 28.2 Å². The molecule has 4 rings (SSSR count). The third kappa shape index (κ3) is 7.16. The number of carbonyl (C=O) groups excluding carboxylic acids is 3. The first-order valence-electron chi connectivity index (χ1n) is 12.2. The van der Waals surface area contributed by atoms with E-state index in [9.17, 15) is 18.8 Å². The van der Waals surface area contributed by atoms with Gasteiger partial charge in [-0.3, -0.25) is 14.4 Å². The van der Waals surface area contributed by atoms with Crippen LogP contribution in [0.4, 0.5) is 10.1 Å². The summed E-state index contributed by atoms with van der Waals surface area (Å²) < 4.78 is 23.4. The van der Waals surface area contributed by atoms with Crippen LogP contribution in [0, 0.1) is 11.7 Å². The van der Waals surface area contributed by atoms with Gasteiger partial charge in [-0.25, -0.2) is 4.39 Å². The van der Waals surface area contributed by atoms with E-state index >= 15 is 0 Å². The largest absolute Gasteiger partial charge is 0.469 e. The second-order valence-electron chi connectivity index (χ2n) is 9.00. The highest BCUT2D eigenvalue weighted by atomic mass is 19.1. The summed E-state index contributed by atoms with van der Waals surface area (Å²) in [4.78, 5) is 39.4. The third-order valence-electron chi connectivity index (χ3n) is 6.32. The van der Waals surface area contributed by atoms with E-state index in [0.717, 1.165) is 12.0 Å². The van der Waals surface area contributed by atoms with E-state index in [0.29, 0.717) is 30.2 Å². The number of esters is 1. The molecule has 1 aliphatic rings. The fourth-order valence-corrected chi connectivity index (χ4v) is 4.47. The summed E-state index contributed by atoms with van der Waals surface area (Å²) >= 11 is 0. The summed E-state index contributed by atoms with van der Waals surface area (Å²) in [6.45, 7) is 0.442. The molecule has 0 aromatic heterocycles. The van der Waals surface area contributed by atoms with Crippen LogP contribution in [0.5, 0.6) is 11.5 Å². The second kappa shape index (κ2) is 12.2. The van der Waals surface area contributed by atoms with Crippen molar-refractivity contribution in [2.45, 2.75) is 31.7 Å². The molecule has 1 N–H and O–H groups in total. The predicted molar refractivity (Wildman–Crippen MR) is 137 cm³/mol. The van der Waals surface area contributed by atoms with Gasteiger partial charge in [-0.15, -0.1) is 0 Å². The number of nitrogens with one attached hydrogen (secondary N) is 1. The van der Waals surface area contributed by atoms with Gasteiger partial charge in [0, 0.05) is 18.7 Å². The van der Waals surface area contributed by atoms with Gasteiger partial charge < -0.3 is 19.7 Å². The van der Waals surface area contributed by atoms with Gasteiger partial charge in [-0.2, -0.15) is 0 Å². The maximum absolute atomic E-state index is 13.3. The first-order valence-corrected chi connectivity index (χ1v) is 12.2. The van der Waals surface area contributed by atoms with Crippen molar-refractivity contribution in [3.8, 4) is 11.5 Å². The van der Waals surface area contributed by atoms with Gasteiger partial charge in [0.2, 0.25) is 11.8 Å². The maximum Gasteiger partial charge on any atom is 0.306 e. The van der Waals surface area contributed by atoms with Crippen molar-refractivity contribution >= 4 is 23.5 Å². The fourth-order valence-electron chi connectivity index (χ4n) is 4.47. The van der Waals surface area contributed by atoms with Crippen LogP contribution < -0.4 is 10.1 Å². The van der Waals surface area contributed by atoms with Crippen molar-refractivity contribution in [1.82, 2.24) is 4.90 Å². The summed E-state index contributed by atoms with van der Waals surface area (Å²) in [5.74, 6) is -0.189. The second-order valence-corrected chi connectivity index (χ2v) is 9.00. The molecule has 2 atom stereocenters. The highest BCUT2D eigenvalue weighted by Gasteiger charge is 2.39. The van der Waals surface area contributed by atoms with E-state index < -0.39 is 12.0 Å². The van der Waals surface area contributed by atoms with Crippen LogP contribution in [0.2, 0.25) is 0 Å². The minimum atomic E-state index is -0.644. The van der Waals surface area contributed by atoms with Gasteiger partial charge in [-0.1, -0.05) is 30.3 Å². The van der Waals surface area contributed by atoms with Gasteiger partial charge in [0.25, 0.3) is 0 Å². The van der Waals surface area contributed by atoms with Crippen LogP contribution in [-0.2, 0) is 25.5 Å². The number of amides is 2. The first-order chi connectivity index (χ1) is 17.9. The summed E-state index contributed by atoms with van der Waals surface area (Å²) in [6.07, 6.45) is 1.24. The fraction of sp³-hybridized carbons (Fsp3) is 0.276. The van der Waals surface area contributed by atoms with E-state index in [1.54, 1.807) is 29.2 Å². The van der Waals surface area contributed by atoms with Gasteiger partial charge in [0.1, 0.15) is 23.4 Å². The van der Waals surface area contributed by atoms with Gasteiger partial charge in [0.05, 0.1) is 13.5 Å². The Hall–Kier alpha value is -4.20. The minimum Gasteiger partial charge on any atom is -0.469 e. The Bertz CT molecular complexity index is 1220. The predicted octanol–water partition coefficient (Wildman–Crippen LogP) is 4.97. The van der Waals surface area contributed by atoms with E-state index in [4.69, 9.17) is 4.74 Å². The smallest absolute Gasteiger partial charge is 0.306 e. The molecule has 8 heteroatoms. The minimum absolute atomic E-state index is 0.00999. The number of benzene rings is 3. The average Bonchev–Trinajstić information content (AvgIpc) is 3.34. The van der Waals surface area contributed by atoms with Gasteiger partial charge in [0.15, 0.2) is 0 Å². The van der Waals surface area contributed by atoms with E-state index in [2.05, 4.69) is 10.1 Å². The molecule has 0 saturated carbocycles. The number of ether oxygens (including phenoxy) is 2. The Morgan fingerprint density at radius 3 is 2.22 bits per heavy atom.